The number of hydrogen-bond acceptors (Lipinski definition) is 2. The maximum atomic E-state index is 10.5. The lowest BCUT2D eigenvalue weighted by Crippen LogP contribution is -2.24. The molecule has 0 saturated heterocycles. The summed E-state index contributed by atoms with van der Waals surface area (Å²) in [6.07, 6.45) is 9.16. The zero-order valence-corrected chi connectivity index (χ0v) is 12.8. The molecule has 0 bridgehead atoms. The Labute approximate surface area is 121 Å². The van der Waals surface area contributed by atoms with Crippen molar-refractivity contribution in [3.05, 3.63) is 16.4 Å². The first kappa shape index (κ1) is 14.9. The molecule has 1 aliphatic carbocycles. The Morgan fingerprint density at radius 3 is 2.37 bits per heavy atom. The van der Waals surface area contributed by atoms with E-state index in [0.29, 0.717) is 17.5 Å². The minimum Gasteiger partial charge on any atom is -0.392 e. The second-order valence-corrected chi connectivity index (χ2v) is 6.21. The Hall–Kier alpha value is -0.540. The van der Waals surface area contributed by atoms with E-state index in [2.05, 4.69) is 5.10 Å². The highest BCUT2D eigenvalue weighted by Gasteiger charge is 2.23. The van der Waals surface area contributed by atoms with Gasteiger partial charge < -0.3 is 5.11 Å². The second kappa shape index (κ2) is 6.76. The molecule has 1 aromatic rings. The van der Waals surface area contributed by atoms with Crippen molar-refractivity contribution in [1.82, 2.24) is 9.78 Å². The maximum absolute atomic E-state index is 10.5. The molecular weight excluding hydrogens is 260 g/mol. The van der Waals surface area contributed by atoms with Gasteiger partial charge in [-0.25, -0.2) is 0 Å². The van der Waals surface area contributed by atoms with Crippen LogP contribution in [0.15, 0.2) is 0 Å². The standard InChI is InChI=1S/C15H25ClN2O/c1-11-13(15(16)18(2)17-11)10-14(19)12-8-6-4-3-5-7-9-12/h12,14,19H,3-10H2,1-2H3. The van der Waals surface area contributed by atoms with E-state index in [0.717, 1.165) is 24.1 Å². The van der Waals surface area contributed by atoms with Crippen LogP contribution in [-0.2, 0) is 13.5 Å². The number of hydrogen-bond donors (Lipinski definition) is 1. The van der Waals surface area contributed by atoms with E-state index in [1.807, 2.05) is 14.0 Å². The summed E-state index contributed by atoms with van der Waals surface area (Å²) < 4.78 is 1.69. The Morgan fingerprint density at radius 1 is 1.26 bits per heavy atom. The van der Waals surface area contributed by atoms with Crippen molar-refractivity contribution in [3.63, 3.8) is 0 Å². The number of aromatic nitrogens is 2. The van der Waals surface area contributed by atoms with Crippen molar-refractivity contribution >= 4 is 11.6 Å². The van der Waals surface area contributed by atoms with Gasteiger partial charge in [-0.3, -0.25) is 4.68 Å². The van der Waals surface area contributed by atoms with E-state index in [1.54, 1.807) is 4.68 Å². The lowest BCUT2D eigenvalue weighted by molar-refractivity contribution is 0.0912. The topological polar surface area (TPSA) is 38.0 Å². The lowest BCUT2D eigenvalue weighted by Gasteiger charge is -2.24. The van der Waals surface area contributed by atoms with Crippen molar-refractivity contribution in [2.24, 2.45) is 13.0 Å². The molecule has 0 amide bonds. The van der Waals surface area contributed by atoms with Crippen LogP contribution in [0.5, 0.6) is 0 Å². The summed E-state index contributed by atoms with van der Waals surface area (Å²) in [6.45, 7) is 1.96. The lowest BCUT2D eigenvalue weighted by atomic mass is 9.85. The van der Waals surface area contributed by atoms with Gasteiger partial charge in [-0.1, -0.05) is 43.7 Å². The monoisotopic (exact) mass is 284 g/mol. The van der Waals surface area contributed by atoms with E-state index in [4.69, 9.17) is 11.6 Å². The Balaban J connectivity index is 2.00. The van der Waals surface area contributed by atoms with Crippen LogP contribution in [0.4, 0.5) is 0 Å². The molecule has 19 heavy (non-hydrogen) atoms. The molecule has 0 spiro atoms. The van der Waals surface area contributed by atoms with Gasteiger partial charge in [0.1, 0.15) is 5.15 Å². The summed E-state index contributed by atoms with van der Waals surface area (Å²) >= 11 is 6.24. The summed E-state index contributed by atoms with van der Waals surface area (Å²) in [6, 6.07) is 0. The molecule has 1 N–H and O–H groups in total. The van der Waals surface area contributed by atoms with Gasteiger partial charge in [-0.15, -0.1) is 0 Å². The van der Waals surface area contributed by atoms with Crippen LogP contribution in [-0.4, -0.2) is 21.0 Å². The number of nitrogens with zero attached hydrogens (tertiary/aromatic N) is 2. The molecule has 1 aliphatic rings. The normalized spacial score (nSPS) is 20.0. The van der Waals surface area contributed by atoms with E-state index in [9.17, 15) is 5.11 Å². The van der Waals surface area contributed by atoms with Crippen molar-refractivity contribution in [1.29, 1.82) is 0 Å². The van der Waals surface area contributed by atoms with E-state index in [-0.39, 0.29) is 6.10 Å². The van der Waals surface area contributed by atoms with Crippen LogP contribution in [0.25, 0.3) is 0 Å². The molecule has 1 unspecified atom stereocenters. The summed E-state index contributed by atoms with van der Waals surface area (Å²) in [5.74, 6) is 0.427. The molecule has 1 saturated carbocycles. The van der Waals surface area contributed by atoms with Crippen molar-refractivity contribution < 1.29 is 5.11 Å². The highest BCUT2D eigenvalue weighted by Crippen LogP contribution is 2.28. The van der Waals surface area contributed by atoms with Crippen LogP contribution >= 0.6 is 11.6 Å². The Kier molecular flexibility index (Phi) is 5.28. The van der Waals surface area contributed by atoms with Gasteiger partial charge >= 0.3 is 0 Å². The maximum Gasteiger partial charge on any atom is 0.130 e. The number of aryl methyl sites for hydroxylation is 2. The van der Waals surface area contributed by atoms with E-state index < -0.39 is 0 Å². The summed E-state index contributed by atoms with van der Waals surface area (Å²) in [7, 11) is 1.85. The first-order valence-electron chi connectivity index (χ1n) is 7.45. The van der Waals surface area contributed by atoms with E-state index >= 15 is 0 Å². The fourth-order valence-electron chi connectivity index (χ4n) is 3.15. The molecule has 3 nitrogen and oxygen atoms in total. The van der Waals surface area contributed by atoms with E-state index in [1.165, 1.54) is 32.1 Å². The molecule has 1 atom stereocenters. The van der Waals surface area contributed by atoms with Crippen LogP contribution in [0.3, 0.4) is 0 Å². The zero-order valence-electron chi connectivity index (χ0n) is 12.0. The summed E-state index contributed by atoms with van der Waals surface area (Å²) in [5.41, 5.74) is 1.95. The molecule has 1 aromatic heterocycles. The van der Waals surface area contributed by atoms with Crippen LogP contribution in [0, 0.1) is 12.8 Å². The molecule has 4 heteroatoms. The number of aliphatic hydroxyl groups is 1. The predicted molar refractivity (Wildman–Crippen MR) is 78.5 cm³/mol. The SMILES string of the molecule is Cc1nn(C)c(Cl)c1CC(O)C1CCCCCCC1. The third kappa shape index (κ3) is 3.73. The summed E-state index contributed by atoms with van der Waals surface area (Å²) in [4.78, 5) is 0. The molecule has 0 aliphatic heterocycles. The third-order valence-corrected chi connectivity index (χ3v) is 4.85. The minimum absolute atomic E-state index is 0.279. The van der Waals surface area contributed by atoms with Crippen LogP contribution in [0.1, 0.15) is 56.2 Å². The van der Waals surface area contributed by atoms with Gasteiger partial charge in [0, 0.05) is 19.0 Å². The van der Waals surface area contributed by atoms with Crippen LogP contribution < -0.4 is 0 Å². The molecule has 0 radical (unpaired) electrons. The largest absolute Gasteiger partial charge is 0.392 e. The average molecular weight is 285 g/mol. The number of halogens is 1. The Bertz CT molecular complexity index is 409. The Morgan fingerprint density at radius 2 is 1.84 bits per heavy atom. The first-order valence-corrected chi connectivity index (χ1v) is 7.83. The number of aliphatic hydroxyl groups excluding tert-OH is 1. The highest BCUT2D eigenvalue weighted by molar-refractivity contribution is 6.30. The molecule has 1 heterocycles. The van der Waals surface area contributed by atoms with Crippen molar-refractivity contribution in [2.45, 2.75) is 64.4 Å². The van der Waals surface area contributed by atoms with Crippen LogP contribution in [0.2, 0.25) is 5.15 Å². The second-order valence-electron chi connectivity index (χ2n) is 5.86. The highest BCUT2D eigenvalue weighted by atomic mass is 35.5. The van der Waals surface area contributed by atoms with Gasteiger partial charge in [0.05, 0.1) is 11.8 Å². The third-order valence-electron chi connectivity index (χ3n) is 4.38. The molecule has 0 aromatic carbocycles. The van der Waals surface area contributed by atoms with Crippen molar-refractivity contribution in [3.8, 4) is 0 Å². The fraction of sp³-hybridized carbons (Fsp3) is 0.800. The fourth-order valence-corrected chi connectivity index (χ4v) is 3.41. The van der Waals surface area contributed by atoms with Gasteiger partial charge in [0.2, 0.25) is 0 Å². The quantitative estimate of drug-likeness (QED) is 0.920. The molecule has 2 rings (SSSR count). The predicted octanol–water partition coefficient (Wildman–Crippen LogP) is 3.65. The molecule has 1 fully saturated rings. The summed E-state index contributed by atoms with van der Waals surface area (Å²) in [5, 5.41) is 15.5. The molecular formula is C15H25ClN2O. The van der Waals surface area contributed by atoms with Gasteiger partial charge in [-0.2, -0.15) is 5.10 Å². The smallest absolute Gasteiger partial charge is 0.130 e. The minimum atomic E-state index is -0.279. The average Bonchev–Trinajstić information content (AvgIpc) is 2.55. The zero-order chi connectivity index (χ0) is 13.8. The van der Waals surface area contributed by atoms with Gasteiger partial charge in [0.15, 0.2) is 0 Å². The van der Waals surface area contributed by atoms with Crippen molar-refractivity contribution in [2.75, 3.05) is 0 Å². The van der Waals surface area contributed by atoms with Gasteiger partial charge in [0.25, 0.3) is 0 Å². The first-order chi connectivity index (χ1) is 9.09. The number of rotatable bonds is 3. The molecule has 108 valence electrons. The van der Waals surface area contributed by atoms with Gasteiger partial charge in [-0.05, 0) is 25.7 Å².